The van der Waals surface area contributed by atoms with Gasteiger partial charge in [0, 0.05) is 6.42 Å². The molecule has 3 N–H and O–H groups in total. The molecular formula is C10H13N5O. The highest BCUT2D eigenvalue weighted by Crippen LogP contribution is 2.12. The summed E-state index contributed by atoms with van der Waals surface area (Å²) in [4.78, 5) is 12.3. The van der Waals surface area contributed by atoms with Gasteiger partial charge in [-0.15, -0.1) is 0 Å². The number of nitrogens with zero attached hydrogens (tertiary/aromatic N) is 4. The van der Waals surface area contributed by atoms with Crippen LogP contribution in [0.4, 0.5) is 0 Å². The van der Waals surface area contributed by atoms with E-state index in [1.807, 2.05) is 13.0 Å². The minimum absolute atomic E-state index is 0.0551. The van der Waals surface area contributed by atoms with E-state index in [-0.39, 0.29) is 6.61 Å². The lowest BCUT2D eigenvalue weighted by Crippen LogP contribution is -2.06. The fourth-order valence-corrected chi connectivity index (χ4v) is 1.39. The van der Waals surface area contributed by atoms with Gasteiger partial charge in [0.2, 0.25) is 0 Å². The summed E-state index contributed by atoms with van der Waals surface area (Å²) in [5.74, 6) is 5.64. The Labute approximate surface area is 92.4 Å². The first-order valence-electron chi connectivity index (χ1n) is 4.91. The molecule has 0 aliphatic heterocycles. The maximum Gasteiger partial charge on any atom is 0.181 e. The molecule has 0 aliphatic carbocycles. The van der Waals surface area contributed by atoms with Gasteiger partial charge in [-0.25, -0.2) is 19.6 Å². The molecule has 0 atom stereocenters. The maximum absolute atomic E-state index is 8.89. The number of aromatic nitrogens is 4. The number of rotatable bonds is 3. The molecule has 2 heterocycles. The van der Waals surface area contributed by atoms with Gasteiger partial charge in [-0.05, 0) is 6.92 Å². The molecule has 2 aromatic heterocycles. The van der Waals surface area contributed by atoms with Crippen molar-refractivity contribution in [3.8, 4) is 0 Å². The van der Waals surface area contributed by atoms with Gasteiger partial charge >= 0.3 is 0 Å². The van der Waals surface area contributed by atoms with Crippen molar-refractivity contribution in [3.63, 3.8) is 0 Å². The number of nitrogen functional groups attached to an aromatic ring is 1. The van der Waals surface area contributed by atoms with E-state index >= 15 is 0 Å². The number of aliphatic hydroxyl groups excluding tert-OH is 1. The van der Waals surface area contributed by atoms with E-state index in [0.29, 0.717) is 17.6 Å². The van der Waals surface area contributed by atoms with E-state index < -0.39 is 0 Å². The van der Waals surface area contributed by atoms with Crippen LogP contribution in [0.1, 0.15) is 12.6 Å². The number of allylic oxidation sites excluding steroid dienone is 1. The maximum atomic E-state index is 8.89. The van der Waals surface area contributed by atoms with Gasteiger partial charge in [0.25, 0.3) is 0 Å². The molecule has 0 bridgehead atoms. The number of imidazole rings is 1. The lowest BCUT2D eigenvalue weighted by Gasteiger charge is -1.99. The zero-order valence-corrected chi connectivity index (χ0v) is 8.96. The second-order valence-electron chi connectivity index (χ2n) is 3.56. The van der Waals surface area contributed by atoms with Gasteiger partial charge in [0.05, 0.1) is 12.3 Å². The van der Waals surface area contributed by atoms with Gasteiger partial charge in [-0.2, -0.15) is 0 Å². The molecule has 0 amide bonds. The summed E-state index contributed by atoms with van der Waals surface area (Å²) >= 11 is 0. The fourth-order valence-electron chi connectivity index (χ4n) is 1.39. The quantitative estimate of drug-likeness (QED) is 0.561. The van der Waals surface area contributed by atoms with Crippen molar-refractivity contribution in [2.24, 2.45) is 0 Å². The zero-order valence-electron chi connectivity index (χ0n) is 8.96. The van der Waals surface area contributed by atoms with Gasteiger partial charge in [0.1, 0.15) is 18.2 Å². The van der Waals surface area contributed by atoms with E-state index in [9.17, 15) is 0 Å². The molecule has 2 rings (SSSR count). The Morgan fingerprint density at radius 3 is 3.06 bits per heavy atom. The Morgan fingerprint density at radius 2 is 2.31 bits per heavy atom. The molecule has 0 saturated carbocycles. The molecule has 0 fully saturated rings. The number of fused-ring (bicyclic) bond motifs is 1. The predicted molar refractivity (Wildman–Crippen MR) is 60.0 cm³/mol. The van der Waals surface area contributed by atoms with Crippen LogP contribution in [0.5, 0.6) is 0 Å². The third-order valence-electron chi connectivity index (χ3n) is 2.33. The number of nitrogens with two attached hydrogens (primary N) is 1. The van der Waals surface area contributed by atoms with Gasteiger partial charge in [0.15, 0.2) is 5.65 Å². The molecule has 16 heavy (non-hydrogen) atoms. The molecule has 2 aromatic rings. The highest BCUT2D eigenvalue weighted by atomic mass is 16.3. The standard InChI is InChI=1S/C10H13N5O/c1-7(4-16)2-3-8-9-10(13-5-12-8)15(11)6-14-9/h2,5-6,16H,3-4,11H2,1H3/b7-2+. The smallest absolute Gasteiger partial charge is 0.181 e. The summed E-state index contributed by atoms with van der Waals surface area (Å²) in [6.45, 7) is 1.92. The largest absolute Gasteiger partial charge is 0.392 e. The van der Waals surface area contributed by atoms with Crippen molar-refractivity contribution < 1.29 is 5.11 Å². The van der Waals surface area contributed by atoms with Crippen molar-refractivity contribution in [1.29, 1.82) is 0 Å². The number of aliphatic hydroxyl groups is 1. The molecule has 0 aromatic carbocycles. The second kappa shape index (κ2) is 4.28. The van der Waals surface area contributed by atoms with Crippen molar-refractivity contribution in [3.05, 3.63) is 30.0 Å². The van der Waals surface area contributed by atoms with Crippen LogP contribution >= 0.6 is 0 Å². The van der Waals surface area contributed by atoms with Crippen LogP contribution < -0.4 is 5.84 Å². The normalized spacial score (nSPS) is 12.2. The first kappa shape index (κ1) is 10.6. The Morgan fingerprint density at radius 1 is 1.50 bits per heavy atom. The van der Waals surface area contributed by atoms with E-state index in [1.165, 1.54) is 17.3 Å². The molecule has 6 heteroatoms. The number of hydrogen-bond acceptors (Lipinski definition) is 5. The lowest BCUT2D eigenvalue weighted by molar-refractivity contribution is 0.331. The molecular weight excluding hydrogens is 206 g/mol. The van der Waals surface area contributed by atoms with Crippen molar-refractivity contribution in [2.75, 3.05) is 12.4 Å². The molecule has 84 valence electrons. The van der Waals surface area contributed by atoms with E-state index in [0.717, 1.165) is 11.3 Å². The van der Waals surface area contributed by atoms with E-state index in [1.54, 1.807) is 0 Å². The van der Waals surface area contributed by atoms with Crippen LogP contribution in [0.3, 0.4) is 0 Å². The third-order valence-corrected chi connectivity index (χ3v) is 2.33. The van der Waals surface area contributed by atoms with Crippen LogP contribution in [0.25, 0.3) is 11.2 Å². The Kier molecular flexibility index (Phi) is 2.82. The summed E-state index contributed by atoms with van der Waals surface area (Å²) in [5, 5.41) is 8.89. The third kappa shape index (κ3) is 1.87. The highest BCUT2D eigenvalue weighted by molar-refractivity contribution is 5.73. The fraction of sp³-hybridized carbons (Fsp3) is 0.300. The molecule has 0 saturated heterocycles. The topological polar surface area (TPSA) is 89.9 Å². The van der Waals surface area contributed by atoms with Gasteiger partial charge in [-0.1, -0.05) is 11.6 Å². The first-order valence-corrected chi connectivity index (χ1v) is 4.91. The molecule has 0 unspecified atom stereocenters. The molecule has 6 nitrogen and oxygen atoms in total. The van der Waals surface area contributed by atoms with Crippen LogP contribution in [-0.2, 0) is 6.42 Å². The van der Waals surface area contributed by atoms with Gasteiger partial charge in [-0.3, -0.25) is 0 Å². The zero-order chi connectivity index (χ0) is 11.5. The summed E-state index contributed by atoms with van der Waals surface area (Å²) in [6.07, 6.45) is 5.50. The Balaban J connectivity index is 2.38. The summed E-state index contributed by atoms with van der Waals surface area (Å²) < 4.78 is 1.36. The lowest BCUT2D eigenvalue weighted by atomic mass is 10.2. The van der Waals surface area contributed by atoms with Gasteiger partial charge < -0.3 is 10.9 Å². The summed E-state index contributed by atoms with van der Waals surface area (Å²) in [7, 11) is 0. The molecule has 0 radical (unpaired) electrons. The summed E-state index contributed by atoms with van der Waals surface area (Å²) in [5.41, 5.74) is 3.02. The first-order chi connectivity index (χ1) is 7.72. The minimum atomic E-state index is 0.0551. The van der Waals surface area contributed by atoms with Crippen molar-refractivity contribution in [2.45, 2.75) is 13.3 Å². The Hall–Kier alpha value is -1.95. The number of hydrogen-bond donors (Lipinski definition) is 2. The monoisotopic (exact) mass is 219 g/mol. The van der Waals surface area contributed by atoms with Crippen LogP contribution in [-0.4, -0.2) is 31.3 Å². The van der Waals surface area contributed by atoms with Crippen molar-refractivity contribution >= 4 is 11.2 Å². The predicted octanol–water partition coefficient (Wildman–Crippen LogP) is 0.0212. The summed E-state index contributed by atoms with van der Waals surface area (Å²) in [6, 6.07) is 0. The minimum Gasteiger partial charge on any atom is -0.392 e. The van der Waals surface area contributed by atoms with E-state index in [4.69, 9.17) is 10.9 Å². The SMILES string of the molecule is C/C(=C\Cc1ncnc2c1ncn2N)CO. The van der Waals surface area contributed by atoms with Crippen LogP contribution in [0, 0.1) is 0 Å². The Bertz CT molecular complexity index is 531. The van der Waals surface area contributed by atoms with E-state index in [2.05, 4.69) is 15.0 Å². The van der Waals surface area contributed by atoms with Crippen LogP contribution in [0.15, 0.2) is 24.3 Å². The average Bonchev–Trinajstić information content (AvgIpc) is 2.69. The average molecular weight is 219 g/mol. The van der Waals surface area contributed by atoms with Crippen molar-refractivity contribution in [1.82, 2.24) is 19.6 Å². The second-order valence-corrected chi connectivity index (χ2v) is 3.56. The highest BCUT2D eigenvalue weighted by Gasteiger charge is 2.07. The van der Waals surface area contributed by atoms with Crippen LogP contribution in [0.2, 0.25) is 0 Å². The molecule has 0 aliphatic rings. The molecule has 0 spiro atoms.